The maximum absolute atomic E-state index is 13.0. The molecule has 118 valence electrons. The molecule has 21 heavy (non-hydrogen) atoms. The normalized spacial score (nSPS) is 18.5. The van der Waals surface area contributed by atoms with Crippen molar-refractivity contribution in [2.24, 2.45) is 0 Å². The van der Waals surface area contributed by atoms with Gasteiger partial charge < -0.3 is 5.32 Å². The number of likely N-dealkylation sites (tertiary alicyclic amines) is 1. The standard InChI is InChI=1S/C15H20BrF3N2/c1-11(21-7-3-2-4-8-21)10-20-14-9-12(16)5-6-13(14)15(17,18)19/h5-6,9,11,20H,2-4,7-8,10H2,1H3. The summed E-state index contributed by atoms with van der Waals surface area (Å²) in [5.74, 6) is 0. The zero-order valence-corrected chi connectivity index (χ0v) is 13.6. The lowest BCUT2D eigenvalue weighted by Gasteiger charge is -2.32. The lowest BCUT2D eigenvalue weighted by molar-refractivity contribution is -0.137. The Balaban J connectivity index is 2.03. The van der Waals surface area contributed by atoms with E-state index in [1.165, 1.54) is 31.4 Å². The van der Waals surface area contributed by atoms with Gasteiger partial charge in [0.05, 0.1) is 5.56 Å². The van der Waals surface area contributed by atoms with Crippen LogP contribution in [0.2, 0.25) is 0 Å². The summed E-state index contributed by atoms with van der Waals surface area (Å²) in [5, 5.41) is 2.97. The SMILES string of the molecule is CC(CNc1cc(Br)ccc1C(F)(F)F)N1CCCCC1. The van der Waals surface area contributed by atoms with Crippen molar-refractivity contribution in [1.82, 2.24) is 4.90 Å². The first-order valence-corrected chi connectivity index (χ1v) is 8.02. The van der Waals surface area contributed by atoms with Crippen molar-refractivity contribution < 1.29 is 13.2 Å². The summed E-state index contributed by atoms with van der Waals surface area (Å²) >= 11 is 3.23. The van der Waals surface area contributed by atoms with Crippen molar-refractivity contribution in [1.29, 1.82) is 0 Å². The lowest BCUT2D eigenvalue weighted by atomic mass is 10.1. The third kappa shape index (κ3) is 4.61. The van der Waals surface area contributed by atoms with Crippen LogP contribution in [0.4, 0.5) is 18.9 Å². The second-order valence-corrected chi connectivity index (χ2v) is 6.43. The van der Waals surface area contributed by atoms with Crippen LogP contribution in [0.15, 0.2) is 22.7 Å². The van der Waals surface area contributed by atoms with E-state index in [0.717, 1.165) is 19.2 Å². The molecule has 1 aromatic rings. The largest absolute Gasteiger partial charge is 0.418 e. The quantitative estimate of drug-likeness (QED) is 0.828. The zero-order chi connectivity index (χ0) is 15.5. The van der Waals surface area contributed by atoms with Crippen molar-refractivity contribution in [2.45, 2.75) is 38.4 Å². The van der Waals surface area contributed by atoms with Gasteiger partial charge in [-0.25, -0.2) is 0 Å². The van der Waals surface area contributed by atoms with Gasteiger partial charge in [0.2, 0.25) is 0 Å². The number of hydrogen-bond donors (Lipinski definition) is 1. The Hall–Kier alpha value is -0.750. The molecule has 1 fully saturated rings. The highest BCUT2D eigenvalue weighted by Gasteiger charge is 2.33. The van der Waals surface area contributed by atoms with E-state index in [1.54, 1.807) is 0 Å². The van der Waals surface area contributed by atoms with Crippen LogP contribution in [-0.4, -0.2) is 30.6 Å². The van der Waals surface area contributed by atoms with E-state index in [9.17, 15) is 13.2 Å². The predicted octanol–water partition coefficient (Wildman–Crippen LogP) is 4.75. The van der Waals surface area contributed by atoms with Gasteiger partial charge in [0.25, 0.3) is 0 Å². The number of halogens is 4. The Morgan fingerprint density at radius 1 is 1.24 bits per heavy atom. The number of nitrogens with zero attached hydrogens (tertiary/aromatic N) is 1. The van der Waals surface area contributed by atoms with Crippen LogP contribution in [0.1, 0.15) is 31.7 Å². The van der Waals surface area contributed by atoms with Crippen LogP contribution in [0.5, 0.6) is 0 Å². The van der Waals surface area contributed by atoms with Crippen LogP contribution >= 0.6 is 15.9 Å². The summed E-state index contributed by atoms with van der Waals surface area (Å²) < 4.78 is 39.6. The number of alkyl halides is 3. The van der Waals surface area contributed by atoms with E-state index in [2.05, 4.69) is 33.1 Å². The second-order valence-electron chi connectivity index (χ2n) is 5.51. The predicted molar refractivity (Wildman–Crippen MR) is 82.5 cm³/mol. The molecule has 1 N–H and O–H groups in total. The molecule has 0 radical (unpaired) electrons. The third-order valence-electron chi connectivity index (χ3n) is 3.89. The first-order valence-electron chi connectivity index (χ1n) is 7.22. The molecule has 1 aliphatic heterocycles. The summed E-state index contributed by atoms with van der Waals surface area (Å²) in [7, 11) is 0. The first kappa shape index (κ1) is 16.6. The monoisotopic (exact) mass is 364 g/mol. The summed E-state index contributed by atoms with van der Waals surface area (Å²) in [6.45, 7) is 4.64. The van der Waals surface area contributed by atoms with Crippen molar-refractivity contribution >= 4 is 21.6 Å². The number of benzene rings is 1. The summed E-state index contributed by atoms with van der Waals surface area (Å²) in [4.78, 5) is 2.34. The molecule has 2 rings (SSSR count). The molecule has 2 nitrogen and oxygen atoms in total. The fraction of sp³-hybridized carbons (Fsp3) is 0.600. The average molecular weight is 365 g/mol. The van der Waals surface area contributed by atoms with Crippen LogP contribution in [0.25, 0.3) is 0 Å². The Morgan fingerprint density at radius 2 is 1.90 bits per heavy atom. The smallest absolute Gasteiger partial charge is 0.383 e. The fourth-order valence-electron chi connectivity index (χ4n) is 2.66. The van der Waals surface area contributed by atoms with E-state index in [4.69, 9.17) is 0 Å². The average Bonchev–Trinajstić information content (AvgIpc) is 2.44. The van der Waals surface area contributed by atoms with Crippen LogP contribution < -0.4 is 5.32 Å². The van der Waals surface area contributed by atoms with Crippen molar-refractivity contribution in [2.75, 3.05) is 25.0 Å². The number of nitrogens with one attached hydrogen (secondary N) is 1. The Labute approximate surface area is 131 Å². The van der Waals surface area contributed by atoms with E-state index < -0.39 is 11.7 Å². The summed E-state index contributed by atoms with van der Waals surface area (Å²) in [5.41, 5.74) is -0.475. The van der Waals surface area contributed by atoms with Crippen molar-refractivity contribution in [3.8, 4) is 0 Å². The second kappa shape index (κ2) is 7.01. The molecule has 0 amide bonds. The minimum Gasteiger partial charge on any atom is -0.383 e. The molecule has 0 saturated carbocycles. The molecule has 1 heterocycles. The van der Waals surface area contributed by atoms with E-state index in [0.29, 0.717) is 11.0 Å². The Kier molecular flexibility index (Phi) is 5.54. The molecular formula is C15H20BrF3N2. The molecule has 0 aliphatic carbocycles. The van der Waals surface area contributed by atoms with Gasteiger partial charge in [-0.05, 0) is 51.1 Å². The molecule has 0 spiro atoms. The van der Waals surface area contributed by atoms with E-state index in [1.807, 2.05) is 0 Å². The van der Waals surface area contributed by atoms with Crippen LogP contribution in [-0.2, 0) is 6.18 Å². The summed E-state index contributed by atoms with van der Waals surface area (Å²) in [6.07, 6.45) is -0.734. The Bertz CT molecular complexity index is 470. The highest BCUT2D eigenvalue weighted by Crippen LogP contribution is 2.36. The van der Waals surface area contributed by atoms with Gasteiger partial charge in [-0.2, -0.15) is 13.2 Å². The van der Waals surface area contributed by atoms with Gasteiger partial charge in [-0.15, -0.1) is 0 Å². The molecule has 1 saturated heterocycles. The molecular weight excluding hydrogens is 345 g/mol. The molecule has 1 atom stereocenters. The maximum atomic E-state index is 13.0. The fourth-order valence-corrected chi connectivity index (χ4v) is 3.02. The zero-order valence-electron chi connectivity index (χ0n) is 12.0. The minimum atomic E-state index is -4.34. The maximum Gasteiger partial charge on any atom is 0.418 e. The molecule has 1 aliphatic rings. The van der Waals surface area contributed by atoms with Gasteiger partial charge in [0, 0.05) is 22.7 Å². The third-order valence-corrected chi connectivity index (χ3v) is 4.38. The van der Waals surface area contributed by atoms with Crippen LogP contribution in [0.3, 0.4) is 0 Å². The number of hydrogen-bond acceptors (Lipinski definition) is 2. The molecule has 1 aromatic carbocycles. The first-order chi connectivity index (χ1) is 9.88. The van der Waals surface area contributed by atoms with Crippen molar-refractivity contribution in [3.05, 3.63) is 28.2 Å². The molecule has 0 bridgehead atoms. The minimum absolute atomic E-state index is 0.140. The van der Waals surface area contributed by atoms with Gasteiger partial charge in [0.1, 0.15) is 0 Å². The van der Waals surface area contributed by atoms with E-state index in [-0.39, 0.29) is 11.7 Å². The van der Waals surface area contributed by atoms with E-state index >= 15 is 0 Å². The van der Waals surface area contributed by atoms with Gasteiger partial charge in [-0.1, -0.05) is 22.4 Å². The number of anilines is 1. The summed E-state index contributed by atoms with van der Waals surface area (Å²) in [6, 6.07) is 4.25. The van der Waals surface area contributed by atoms with Gasteiger partial charge >= 0.3 is 6.18 Å². The highest BCUT2D eigenvalue weighted by atomic mass is 79.9. The topological polar surface area (TPSA) is 15.3 Å². The highest BCUT2D eigenvalue weighted by molar-refractivity contribution is 9.10. The van der Waals surface area contributed by atoms with Gasteiger partial charge in [-0.3, -0.25) is 4.90 Å². The number of piperidine rings is 1. The molecule has 1 unspecified atom stereocenters. The molecule has 6 heteroatoms. The lowest BCUT2D eigenvalue weighted by Crippen LogP contribution is -2.41. The van der Waals surface area contributed by atoms with Crippen LogP contribution in [0, 0.1) is 0 Å². The number of rotatable bonds is 4. The van der Waals surface area contributed by atoms with Crippen molar-refractivity contribution in [3.63, 3.8) is 0 Å². The van der Waals surface area contributed by atoms with Gasteiger partial charge in [0.15, 0.2) is 0 Å². The Morgan fingerprint density at radius 3 is 2.52 bits per heavy atom. The molecule has 0 aromatic heterocycles.